The topological polar surface area (TPSA) is 55.3 Å². The molecule has 2 aromatic heterocycles. The Morgan fingerprint density at radius 3 is 2.46 bits per heavy atom. The number of ether oxygens (including phenoxy) is 1. The summed E-state index contributed by atoms with van der Waals surface area (Å²) in [6.45, 7) is 5.42. The smallest absolute Gasteiger partial charge is 0.254 e. The van der Waals surface area contributed by atoms with E-state index in [0.717, 1.165) is 28.2 Å². The standard InChI is InChI=1S/C23H25N3O2/c1-17-7-12-22(18(2)25-17)19-8-10-20(11-9-19)23(27)26(14-15-28-3)16-21-6-4-5-13-24-21/h4-13H,14-16H2,1-3H3. The highest BCUT2D eigenvalue weighted by Gasteiger charge is 2.17. The Morgan fingerprint density at radius 1 is 1.04 bits per heavy atom. The molecule has 0 N–H and O–H groups in total. The number of aromatic nitrogens is 2. The summed E-state index contributed by atoms with van der Waals surface area (Å²) in [6, 6.07) is 17.5. The van der Waals surface area contributed by atoms with Crippen molar-refractivity contribution in [3.8, 4) is 11.1 Å². The van der Waals surface area contributed by atoms with E-state index in [1.807, 2.05) is 62.4 Å². The van der Waals surface area contributed by atoms with Gasteiger partial charge in [-0.25, -0.2) is 0 Å². The molecule has 0 fully saturated rings. The van der Waals surface area contributed by atoms with Crippen LogP contribution in [-0.2, 0) is 11.3 Å². The van der Waals surface area contributed by atoms with Crippen LogP contribution in [0.15, 0.2) is 60.8 Å². The molecule has 144 valence electrons. The van der Waals surface area contributed by atoms with Crippen LogP contribution in [0.2, 0.25) is 0 Å². The third kappa shape index (κ3) is 4.81. The number of amides is 1. The van der Waals surface area contributed by atoms with E-state index >= 15 is 0 Å². The van der Waals surface area contributed by atoms with Gasteiger partial charge in [0.15, 0.2) is 0 Å². The number of carbonyl (C=O) groups excluding carboxylic acids is 1. The van der Waals surface area contributed by atoms with Crippen LogP contribution < -0.4 is 0 Å². The maximum Gasteiger partial charge on any atom is 0.254 e. The van der Waals surface area contributed by atoms with Gasteiger partial charge in [0.2, 0.25) is 0 Å². The lowest BCUT2D eigenvalue weighted by Gasteiger charge is -2.22. The minimum Gasteiger partial charge on any atom is -0.383 e. The van der Waals surface area contributed by atoms with Crippen LogP contribution >= 0.6 is 0 Å². The van der Waals surface area contributed by atoms with E-state index in [4.69, 9.17) is 4.74 Å². The molecule has 0 saturated heterocycles. The third-order valence-electron chi connectivity index (χ3n) is 4.60. The molecule has 2 heterocycles. The maximum atomic E-state index is 13.0. The first-order chi connectivity index (χ1) is 13.6. The summed E-state index contributed by atoms with van der Waals surface area (Å²) in [7, 11) is 1.64. The highest BCUT2D eigenvalue weighted by molar-refractivity contribution is 5.94. The summed E-state index contributed by atoms with van der Waals surface area (Å²) in [6.07, 6.45) is 1.74. The van der Waals surface area contributed by atoms with E-state index < -0.39 is 0 Å². The molecule has 3 aromatic rings. The molecule has 0 saturated carbocycles. The van der Waals surface area contributed by atoms with Gasteiger partial charge in [0.05, 0.1) is 18.8 Å². The number of pyridine rings is 2. The zero-order valence-corrected chi connectivity index (χ0v) is 16.6. The minimum absolute atomic E-state index is 0.0343. The SMILES string of the molecule is COCCN(Cc1ccccn1)C(=O)c1ccc(-c2ccc(C)nc2C)cc1. The summed E-state index contributed by atoms with van der Waals surface area (Å²) >= 11 is 0. The highest BCUT2D eigenvalue weighted by atomic mass is 16.5. The van der Waals surface area contributed by atoms with E-state index in [9.17, 15) is 4.79 Å². The lowest BCUT2D eigenvalue weighted by atomic mass is 10.0. The number of carbonyl (C=O) groups is 1. The first-order valence-corrected chi connectivity index (χ1v) is 9.31. The maximum absolute atomic E-state index is 13.0. The molecule has 1 aromatic carbocycles. The number of rotatable bonds is 7. The predicted molar refractivity (Wildman–Crippen MR) is 110 cm³/mol. The van der Waals surface area contributed by atoms with Crippen molar-refractivity contribution < 1.29 is 9.53 Å². The summed E-state index contributed by atoms with van der Waals surface area (Å²) < 4.78 is 5.17. The average molecular weight is 375 g/mol. The van der Waals surface area contributed by atoms with Crippen molar-refractivity contribution >= 4 is 5.91 Å². The van der Waals surface area contributed by atoms with Crippen molar-refractivity contribution in [1.29, 1.82) is 0 Å². The fourth-order valence-electron chi connectivity index (χ4n) is 3.11. The molecular formula is C23H25N3O2. The van der Waals surface area contributed by atoms with Gasteiger partial charge in [-0.2, -0.15) is 0 Å². The average Bonchev–Trinajstić information content (AvgIpc) is 2.71. The number of aryl methyl sites for hydroxylation is 2. The molecule has 5 nitrogen and oxygen atoms in total. The monoisotopic (exact) mass is 375 g/mol. The molecule has 0 aliphatic rings. The van der Waals surface area contributed by atoms with Gasteiger partial charge in [-0.1, -0.05) is 24.3 Å². The van der Waals surface area contributed by atoms with Crippen LogP contribution in [0.5, 0.6) is 0 Å². The van der Waals surface area contributed by atoms with Crippen LogP contribution in [0.25, 0.3) is 11.1 Å². The van der Waals surface area contributed by atoms with E-state index in [0.29, 0.717) is 25.3 Å². The van der Waals surface area contributed by atoms with Gasteiger partial charge in [0.1, 0.15) is 0 Å². The summed E-state index contributed by atoms with van der Waals surface area (Å²) in [5, 5.41) is 0. The summed E-state index contributed by atoms with van der Waals surface area (Å²) in [5.41, 5.74) is 5.61. The lowest BCUT2D eigenvalue weighted by molar-refractivity contribution is 0.0678. The first-order valence-electron chi connectivity index (χ1n) is 9.31. The Hall–Kier alpha value is -3.05. The Labute approximate surface area is 166 Å². The van der Waals surface area contributed by atoms with E-state index in [-0.39, 0.29) is 5.91 Å². The highest BCUT2D eigenvalue weighted by Crippen LogP contribution is 2.23. The molecule has 0 unspecified atom stereocenters. The molecule has 0 spiro atoms. The fraction of sp³-hybridized carbons (Fsp3) is 0.261. The second-order valence-corrected chi connectivity index (χ2v) is 6.70. The molecule has 0 radical (unpaired) electrons. The predicted octanol–water partition coefficient (Wildman–Crippen LogP) is 4.05. The normalized spacial score (nSPS) is 10.7. The van der Waals surface area contributed by atoms with Crippen molar-refractivity contribution in [2.45, 2.75) is 20.4 Å². The van der Waals surface area contributed by atoms with Crippen molar-refractivity contribution in [2.75, 3.05) is 20.3 Å². The molecule has 5 heteroatoms. The second-order valence-electron chi connectivity index (χ2n) is 6.70. The zero-order valence-electron chi connectivity index (χ0n) is 16.6. The van der Waals surface area contributed by atoms with Crippen molar-refractivity contribution in [3.63, 3.8) is 0 Å². The molecular weight excluding hydrogens is 350 g/mol. The first kappa shape index (κ1) is 19.7. The molecule has 28 heavy (non-hydrogen) atoms. The Morgan fingerprint density at radius 2 is 1.82 bits per heavy atom. The van der Waals surface area contributed by atoms with Gasteiger partial charge < -0.3 is 9.64 Å². The lowest BCUT2D eigenvalue weighted by Crippen LogP contribution is -2.33. The Bertz CT molecular complexity index is 924. The van der Waals surface area contributed by atoms with Gasteiger partial charge >= 0.3 is 0 Å². The van der Waals surface area contributed by atoms with Crippen molar-refractivity contribution in [3.05, 3.63) is 83.4 Å². The molecule has 1 amide bonds. The van der Waals surface area contributed by atoms with Crippen LogP contribution in [0.4, 0.5) is 0 Å². The van der Waals surface area contributed by atoms with Gasteiger partial charge in [0.25, 0.3) is 5.91 Å². The molecule has 0 aliphatic carbocycles. The number of methoxy groups -OCH3 is 1. The molecule has 0 bridgehead atoms. The molecule has 0 atom stereocenters. The fourth-order valence-corrected chi connectivity index (χ4v) is 3.11. The van der Waals surface area contributed by atoms with E-state index in [1.165, 1.54) is 0 Å². The van der Waals surface area contributed by atoms with E-state index in [1.54, 1.807) is 18.2 Å². The van der Waals surface area contributed by atoms with Gasteiger partial charge in [-0.3, -0.25) is 14.8 Å². The van der Waals surface area contributed by atoms with Gasteiger partial charge in [-0.05, 0) is 49.7 Å². The molecule has 0 aliphatic heterocycles. The zero-order chi connectivity index (χ0) is 19.9. The Balaban J connectivity index is 1.80. The summed E-state index contributed by atoms with van der Waals surface area (Å²) in [5.74, 6) is -0.0343. The molecule has 3 rings (SSSR count). The number of hydrogen-bond acceptors (Lipinski definition) is 4. The van der Waals surface area contributed by atoms with Crippen LogP contribution in [-0.4, -0.2) is 41.0 Å². The number of nitrogens with zero attached hydrogens (tertiary/aromatic N) is 3. The minimum atomic E-state index is -0.0343. The largest absolute Gasteiger partial charge is 0.383 e. The van der Waals surface area contributed by atoms with Gasteiger partial charge in [0, 0.05) is 42.4 Å². The third-order valence-corrected chi connectivity index (χ3v) is 4.60. The number of benzene rings is 1. The van der Waals surface area contributed by atoms with Crippen molar-refractivity contribution in [2.24, 2.45) is 0 Å². The van der Waals surface area contributed by atoms with Crippen molar-refractivity contribution in [1.82, 2.24) is 14.9 Å². The van der Waals surface area contributed by atoms with Crippen LogP contribution in [0.3, 0.4) is 0 Å². The quantitative estimate of drug-likeness (QED) is 0.625. The Kier molecular flexibility index (Phi) is 6.50. The van der Waals surface area contributed by atoms with Gasteiger partial charge in [-0.15, -0.1) is 0 Å². The number of hydrogen-bond donors (Lipinski definition) is 0. The van der Waals surface area contributed by atoms with E-state index in [2.05, 4.69) is 16.0 Å². The van der Waals surface area contributed by atoms with Crippen LogP contribution in [0, 0.1) is 13.8 Å². The van der Waals surface area contributed by atoms with Crippen LogP contribution in [0.1, 0.15) is 27.4 Å². The summed E-state index contributed by atoms with van der Waals surface area (Å²) in [4.78, 5) is 23.7. The second kappa shape index (κ2) is 9.24.